The van der Waals surface area contributed by atoms with Crippen molar-refractivity contribution in [2.75, 3.05) is 0 Å². The van der Waals surface area contributed by atoms with Crippen LogP contribution in [0, 0.1) is 0 Å². The molecule has 0 atom stereocenters. The van der Waals surface area contributed by atoms with Crippen molar-refractivity contribution in [1.82, 2.24) is 0 Å². The summed E-state index contributed by atoms with van der Waals surface area (Å²) in [5.41, 5.74) is 0. The van der Waals surface area contributed by atoms with Gasteiger partial charge in [-0.25, -0.2) is 0 Å². The van der Waals surface area contributed by atoms with Crippen LogP contribution in [0.3, 0.4) is 0 Å². The number of rotatable bonds is 1. The zero-order chi connectivity index (χ0) is 5.21. The van der Waals surface area contributed by atoms with E-state index in [2.05, 4.69) is 25.3 Å². The Morgan fingerprint density at radius 2 is 1.71 bits per heavy atom. The van der Waals surface area contributed by atoms with Gasteiger partial charge in [-0.1, -0.05) is 6.92 Å². The molecule has 0 spiro atoms. The van der Waals surface area contributed by atoms with E-state index in [1.54, 1.807) is 6.92 Å². The summed E-state index contributed by atoms with van der Waals surface area (Å²) in [6.07, 6.45) is 0.555. The molecule has 0 heterocycles. The van der Waals surface area contributed by atoms with Crippen LogP contribution in [0.5, 0.6) is 0 Å². The van der Waals surface area contributed by atoms with E-state index in [9.17, 15) is 0 Å². The first-order valence-corrected chi connectivity index (χ1v) is 2.63. The van der Waals surface area contributed by atoms with E-state index in [0.717, 1.165) is 0 Å². The fourth-order valence-electron chi connectivity index (χ4n) is 0. The van der Waals surface area contributed by atoms with E-state index in [0.29, 0.717) is 6.42 Å². The molecule has 0 bridgehead atoms. The van der Waals surface area contributed by atoms with Crippen molar-refractivity contribution in [2.24, 2.45) is 0 Å². The Hall–Kier alpha value is 1.54. The Kier molecular flexibility index (Phi) is 7.18. The van der Waals surface area contributed by atoms with Gasteiger partial charge >= 0.3 is 26.2 Å². The molecular formula is C3H11BiOS2. The summed E-state index contributed by atoms with van der Waals surface area (Å²) >= 11 is 7.35. The van der Waals surface area contributed by atoms with Crippen molar-refractivity contribution in [2.45, 2.75) is 17.6 Å². The maximum atomic E-state index is 8.55. The molecule has 0 amide bonds. The molecular weight excluding hydrogens is 325 g/mol. The van der Waals surface area contributed by atoms with Crippen LogP contribution in [0.4, 0.5) is 0 Å². The molecule has 0 aromatic carbocycles. The Labute approximate surface area is 73.8 Å². The third kappa shape index (κ3) is 11.2. The molecule has 0 saturated carbocycles. The Morgan fingerprint density at radius 1 is 1.57 bits per heavy atom. The predicted molar refractivity (Wildman–Crippen MR) is 43.2 cm³/mol. The van der Waals surface area contributed by atoms with Crippen LogP contribution in [0.2, 0.25) is 0 Å². The average molecular weight is 336 g/mol. The van der Waals surface area contributed by atoms with Gasteiger partial charge in [0.2, 0.25) is 0 Å². The fourth-order valence-corrected chi connectivity index (χ4v) is 0. The number of hydrogen-bond donors (Lipinski definition) is 3. The van der Waals surface area contributed by atoms with Gasteiger partial charge < -0.3 is 5.11 Å². The molecule has 0 rings (SSSR count). The van der Waals surface area contributed by atoms with Gasteiger partial charge in [0.15, 0.2) is 4.27 Å². The third-order valence-corrected chi connectivity index (χ3v) is 1.11. The molecule has 0 radical (unpaired) electrons. The van der Waals surface area contributed by atoms with E-state index in [-0.39, 0.29) is 26.2 Å². The quantitative estimate of drug-likeness (QED) is 0.342. The van der Waals surface area contributed by atoms with E-state index < -0.39 is 4.27 Å². The number of aliphatic hydroxyl groups is 1. The van der Waals surface area contributed by atoms with Gasteiger partial charge in [-0.3, -0.25) is 0 Å². The second kappa shape index (κ2) is 4.42. The van der Waals surface area contributed by atoms with Crippen LogP contribution >= 0.6 is 25.3 Å². The first-order valence-electron chi connectivity index (χ1n) is 1.73. The van der Waals surface area contributed by atoms with Gasteiger partial charge in [0, 0.05) is 0 Å². The molecule has 0 aliphatic heterocycles. The summed E-state index contributed by atoms with van der Waals surface area (Å²) < 4.78 is -1.07. The van der Waals surface area contributed by atoms with E-state index in [1.165, 1.54) is 0 Å². The Balaban J connectivity index is 0. The molecule has 0 unspecified atom stereocenters. The number of hydrogen-bond acceptors (Lipinski definition) is 3. The first kappa shape index (κ1) is 11.4. The standard InChI is InChI=1S/C3H8OS2.Bi.3H/c1-2-3(4,5)6;;;;/h4-6H,2H2,1H3;;;;. The average Bonchev–Trinajstić information content (AvgIpc) is 1.35. The minimum absolute atomic E-state index is 0. The molecule has 0 aromatic heterocycles. The molecule has 0 aliphatic rings. The fraction of sp³-hybridized carbons (Fsp3) is 1.00. The van der Waals surface area contributed by atoms with Crippen molar-refractivity contribution >= 4 is 51.5 Å². The van der Waals surface area contributed by atoms with Gasteiger partial charge in [-0.05, 0) is 6.42 Å². The van der Waals surface area contributed by atoms with Crippen molar-refractivity contribution in [3.05, 3.63) is 0 Å². The van der Waals surface area contributed by atoms with Crippen LogP contribution in [-0.4, -0.2) is 35.6 Å². The van der Waals surface area contributed by atoms with Gasteiger partial charge in [-0.15, -0.1) is 25.3 Å². The number of thiol groups is 2. The van der Waals surface area contributed by atoms with Crippen LogP contribution in [-0.2, 0) is 0 Å². The Bertz CT molecular complexity index is 42.7. The van der Waals surface area contributed by atoms with Gasteiger partial charge in [0.1, 0.15) is 0 Å². The summed E-state index contributed by atoms with van der Waals surface area (Å²) in [4.78, 5) is 0. The first-order chi connectivity index (χ1) is 2.56. The molecule has 4 heteroatoms. The second-order valence-corrected chi connectivity index (χ2v) is 2.96. The molecule has 1 N–H and O–H groups in total. The van der Waals surface area contributed by atoms with Crippen LogP contribution in [0.15, 0.2) is 0 Å². The molecule has 1 nitrogen and oxygen atoms in total. The Morgan fingerprint density at radius 3 is 1.71 bits per heavy atom. The van der Waals surface area contributed by atoms with Crippen LogP contribution in [0.1, 0.15) is 13.3 Å². The molecule has 0 aromatic rings. The predicted octanol–water partition coefficient (Wildman–Crippen LogP) is -0.282. The van der Waals surface area contributed by atoms with Crippen LogP contribution < -0.4 is 0 Å². The third-order valence-electron chi connectivity index (χ3n) is 0.474. The summed E-state index contributed by atoms with van der Waals surface area (Å²) in [5.74, 6) is 0. The second-order valence-electron chi connectivity index (χ2n) is 1.13. The summed E-state index contributed by atoms with van der Waals surface area (Å²) in [6.45, 7) is 1.81. The van der Waals surface area contributed by atoms with Gasteiger partial charge in [0.25, 0.3) is 0 Å². The summed E-state index contributed by atoms with van der Waals surface area (Å²) in [5, 5.41) is 8.55. The minimum atomic E-state index is -1.07. The molecule has 7 heavy (non-hydrogen) atoms. The van der Waals surface area contributed by atoms with Crippen molar-refractivity contribution in [3.8, 4) is 0 Å². The van der Waals surface area contributed by atoms with Crippen molar-refractivity contribution < 1.29 is 5.11 Å². The molecule has 0 fully saturated rings. The monoisotopic (exact) mass is 336 g/mol. The zero-order valence-corrected chi connectivity index (χ0v) is 11.5. The van der Waals surface area contributed by atoms with E-state index >= 15 is 0 Å². The normalized spacial score (nSPS) is 10.3. The van der Waals surface area contributed by atoms with Crippen molar-refractivity contribution in [3.63, 3.8) is 0 Å². The summed E-state index contributed by atoms with van der Waals surface area (Å²) in [6, 6.07) is 0. The van der Waals surface area contributed by atoms with E-state index in [4.69, 9.17) is 5.11 Å². The zero-order valence-electron chi connectivity index (χ0n) is 4.26. The van der Waals surface area contributed by atoms with E-state index in [1.807, 2.05) is 0 Å². The molecule has 0 saturated heterocycles. The maximum absolute atomic E-state index is 8.55. The molecule has 46 valence electrons. The topological polar surface area (TPSA) is 20.2 Å². The van der Waals surface area contributed by atoms with Crippen LogP contribution in [0.25, 0.3) is 0 Å². The molecule has 0 aliphatic carbocycles. The summed E-state index contributed by atoms with van der Waals surface area (Å²) in [7, 11) is 0. The van der Waals surface area contributed by atoms with Gasteiger partial charge in [-0.2, -0.15) is 0 Å². The van der Waals surface area contributed by atoms with Gasteiger partial charge in [0.05, 0.1) is 0 Å². The SMILES string of the molecule is CCC(O)(S)S.[BiH3]. The van der Waals surface area contributed by atoms with Crippen molar-refractivity contribution in [1.29, 1.82) is 0 Å².